The lowest BCUT2D eigenvalue weighted by Crippen LogP contribution is -2.46. The van der Waals surface area contributed by atoms with E-state index < -0.39 is 10.0 Å². The molecule has 0 radical (unpaired) electrons. The molecule has 174 valence electrons. The number of hydrogen-bond donors (Lipinski definition) is 1. The first-order chi connectivity index (χ1) is 15.7. The summed E-state index contributed by atoms with van der Waals surface area (Å²) in [6.45, 7) is 4.72. The van der Waals surface area contributed by atoms with Crippen molar-refractivity contribution in [2.75, 3.05) is 13.1 Å². The second-order valence-electron chi connectivity index (χ2n) is 7.96. The van der Waals surface area contributed by atoms with E-state index in [1.54, 1.807) is 45.3 Å². The molecule has 0 bridgehead atoms. The molecule has 0 atom stereocenters. The Morgan fingerprint density at radius 2 is 1.88 bits per heavy atom. The van der Waals surface area contributed by atoms with Crippen LogP contribution in [0.5, 0.6) is 0 Å². The first-order valence-corrected chi connectivity index (χ1v) is 13.0. The maximum absolute atomic E-state index is 13.2. The highest BCUT2D eigenvalue weighted by atomic mass is 32.2. The van der Waals surface area contributed by atoms with E-state index in [4.69, 9.17) is 0 Å². The Kier molecular flexibility index (Phi) is 6.78. The van der Waals surface area contributed by atoms with Gasteiger partial charge in [0.05, 0.1) is 11.4 Å². The van der Waals surface area contributed by atoms with E-state index >= 15 is 0 Å². The third-order valence-corrected chi connectivity index (χ3v) is 8.62. The SMILES string of the molecule is Cc1nn(-c2ccc(F)cc2)c(C)c1/C=C/C(=O)N1CCC(NS(=O)(=O)c2cccs2)CC1. The topological polar surface area (TPSA) is 84.3 Å². The second-order valence-corrected chi connectivity index (χ2v) is 10.8. The lowest BCUT2D eigenvalue weighted by atomic mass is 10.1. The summed E-state index contributed by atoms with van der Waals surface area (Å²) in [6, 6.07) is 9.18. The first kappa shape index (κ1) is 23.3. The van der Waals surface area contributed by atoms with Crippen LogP contribution in [0.25, 0.3) is 11.8 Å². The summed E-state index contributed by atoms with van der Waals surface area (Å²) in [5.74, 6) is -0.433. The Labute approximate surface area is 196 Å². The fraction of sp³-hybridized carbons (Fsp3) is 0.304. The fourth-order valence-corrected chi connectivity index (χ4v) is 6.22. The predicted molar refractivity (Wildman–Crippen MR) is 126 cm³/mol. The Morgan fingerprint density at radius 3 is 2.52 bits per heavy atom. The number of nitrogens with one attached hydrogen (secondary N) is 1. The summed E-state index contributed by atoms with van der Waals surface area (Å²) in [6.07, 6.45) is 4.41. The van der Waals surface area contributed by atoms with Gasteiger partial charge in [0.15, 0.2) is 0 Å². The van der Waals surface area contributed by atoms with Gasteiger partial charge in [0.25, 0.3) is 0 Å². The van der Waals surface area contributed by atoms with Crippen LogP contribution in [0, 0.1) is 19.7 Å². The molecule has 1 amide bonds. The minimum Gasteiger partial charge on any atom is -0.339 e. The van der Waals surface area contributed by atoms with E-state index in [1.165, 1.54) is 29.5 Å². The number of carbonyl (C=O) groups is 1. The maximum atomic E-state index is 13.2. The largest absolute Gasteiger partial charge is 0.339 e. The van der Waals surface area contributed by atoms with Gasteiger partial charge in [0.1, 0.15) is 10.0 Å². The van der Waals surface area contributed by atoms with Gasteiger partial charge in [-0.05, 0) is 68.5 Å². The summed E-state index contributed by atoms with van der Waals surface area (Å²) in [4.78, 5) is 14.4. The maximum Gasteiger partial charge on any atom is 0.250 e. The number of nitrogens with zero attached hydrogens (tertiary/aromatic N) is 3. The van der Waals surface area contributed by atoms with Crippen molar-refractivity contribution in [3.8, 4) is 5.69 Å². The molecule has 2 aromatic heterocycles. The Hall–Kier alpha value is -2.82. The molecule has 1 N–H and O–H groups in total. The van der Waals surface area contributed by atoms with Crippen molar-refractivity contribution in [1.29, 1.82) is 0 Å². The van der Waals surface area contributed by atoms with Crippen molar-refractivity contribution >= 4 is 33.3 Å². The highest BCUT2D eigenvalue weighted by Gasteiger charge is 2.26. The highest BCUT2D eigenvalue weighted by molar-refractivity contribution is 7.91. The van der Waals surface area contributed by atoms with E-state index in [2.05, 4.69) is 9.82 Å². The van der Waals surface area contributed by atoms with Crippen molar-refractivity contribution in [2.45, 2.75) is 36.9 Å². The van der Waals surface area contributed by atoms with Crippen LogP contribution in [0.3, 0.4) is 0 Å². The van der Waals surface area contributed by atoms with Gasteiger partial charge in [-0.2, -0.15) is 5.10 Å². The number of halogens is 1. The van der Waals surface area contributed by atoms with E-state index in [1.807, 2.05) is 13.8 Å². The van der Waals surface area contributed by atoms with Gasteiger partial charge >= 0.3 is 0 Å². The van der Waals surface area contributed by atoms with Gasteiger partial charge in [0.2, 0.25) is 15.9 Å². The number of piperidine rings is 1. The summed E-state index contributed by atoms with van der Waals surface area (Å²) in [5.41, 5.74) is 3.20. The van der Waals surface area contributed by atoms with Crippen LogP contribution in [0.2, 0.25) is 0 Å². The monoisotopic (exact) mass is 488 g/mol. The molecule has 3 heterocycles. The summed E-state index contributed by atoms with van der Waals surface area (Å²) in [5, 5.41) is 6.25. The molecule has 33 heavy (non-hydrogen) atoms. The third-order valence-electron chi connectivity index (χ3n) is 5.70. The summed E-state index contributed by atoms with van der Waals surface area (Å²) < 4.78 is 42.8. The molecule has 1 fully saturated rings. The van der Waals surface area contributed by atoms with Gasteiger partial charge in [-0.15, -0.1) is 11.3 Å². The molecule has 3 aromatic rings. The normalized spacial score (nSPS) is 15.4. The molecule has 0 saturated carbocycles. The van der Waals surface area contributed by atoms with Gasteiger partial charge in [0, 0.05) is 36.5 Å². The number of benzene rings is 1. The zero-order valence-electron chi connectivity index (χ0n) is 18.4. The van der Waals surface area contributed by atoms with E-state index in [0.29, 0.717) is 30.1 Å². The van der Waals surface area contributed by atoms with E-state index in [-0.39, 0.29) is 17.8 Å². The third kappa shape index (κ3) is 5.23. The van der Waals surface area contributed by atoms with Crippen molar-refractivity contribution < 1.29 is 17.6 Å². The van der Waals surface area contributed by atoms with Crippen molar-refractivity contribution in [3.63, 3.8) is 0 Å². The lowest BCUT2D eigenvalue weighted by Gasteiger charge is -2.31. The zero-order chi connectivity index (χ0) is 23.6. The van der Waals surface area contributed by atoms with Crippen molar-refractivity contribution in [1.82, 2.24) is 19.4 Å². The molecule has 7 nitrogen and oxygen atoms in total. The molecule has 0 spiro atoms. The second kappa shape index (κ2) is 9.58. The molecular formula is C23H25FN4O3S2. The van der Waals surface area contributed by atoms with Crippen LogP contribution in [-0.2, 0) is 14.8 Å². The number of likely N-dealkylation sites (tertiary alicyclic amines) is 1. The van der Waals surface area contributed by atoms with E-state index in [9.17, 15) is 17.6 Å². The van der Waals surface area contributed by atoms with Crippen LogP contribution in [0.4, 0.5) is 4.39 Å². The molecule has 0 aliphatic carbocycles. The fourth-order valence-electron chi connectivity index (χ4n) is 3.90. The van der Waals surface area contributed by atoms with Crippen LogP contribution in [0.1, 0.15) is 29.8 Å². The first-order valence-electron chi connectivity index (χ1n) is 10.6. The number of sulfonamides is 1. The zero-order valence-corrected chi connectivity index (χ0v) is 20.0. The van der Waals surface area contributed by atoms with Crippen LogP contribution < -0.4 is 4.72 Å². The van der Waals surface area contributed by atoms with Crippen LogP contribution >= 0.6 is 11.3 Å². The number of hydrogen-bond acceptors (Lipinski definition) is 5. The van der Waals surface area contributed by atoms with Gasteiger partial charge in [-0.25, -0.2) is 22.2 Å². The standard InChI is InChI=1S/C23H25FN4O3S2/c1-16-21(17(2)28(25-16)20-7-5-18(24)6-8-20)9-10-22(29)27-13-11-19(12-14-27)26-33(30,31)23-4-3-15-32-23/h3-10,15,19,26H,11-14H2,1-2H3/b10-9+. The molecule has 1 saturated heterocycles. The summed E-state index contributed by atoms with van der Waals surface area (Å²) >= 11 is 1.18. The highest BCUT2D eigenvalue weighted by Crippen LogP contribution is 2.21. The quantitative estimate of drug-likeness (QED) is 0.537. The van der Waals surface area contributed by atoms with Gasteiger partial charge in [-0.1, -0.05) is 6.07 Å². The number of amides is 1. The molecular weight excluding hydrogens is 463 g/mol. The minimum absolute atomic E-state index is 0.122. The molecule has 10 heteroatoms. The predicted octanol–water partition coefficient (Wildman–Crippen LogP) is 3.67. The van der Waals surface area contributed by atoms with Gasteiger partial charge in [-0.3, -0.25) is 4.79 Å². The molecule has 4 rings (SSSR count). The minimum atomic E-state index is -3.51. The summed E-state index contributed by atoms with van der Waals surface area (Å²) in [7, 11) is -3.51. The molecule has 1 aliphatic heterocycles. The average Bonchev–Trinajstić information content (AvgIpc) is 3.43. The van der Waals surface area contributed by atoms with Crippen LogP contribution in [-0.4, -0.2) is 48.1 Å². The molecule has 1 aliphatic rings. The van der Waals surface area contributed by atoms with E-state index in [0.717, 1.165) is 22.6 Å². The molecule has 1 aromatic carbocycles. The van der Waals surface area contributed by atoms with Crippen LogP contribution in [0.15, 0.2) is 52.1 Å². The smallest absolute Gasteiger partial charge is 0.250 e. The average molecular weight is 489 g/mol. The Bertz CT molecular complexity index is 1260. The number of aromatic nitrogens is 2. The van der Waals surface area contributed by atoms with Crippen molar-refractivity contribution in [3.05, 3.63) is 70.6 Å². The van der Waals surface area contributed by atoms with Crippen molar-refractivity contribution in [2.24, 2.45) is 0 Å². The molecule has 0 unspecified atom stereocenters. The number of aryl methyl sites for hydroxylation is 1. The number of thiophene rings is 1. The van der Waals surface area contributed by atoms with Gasteiger partial charge < -0.3 is 4.90 Å². The number of carbonyl (C=O) groups excluding carboxylic acids is 1. The Balaban J connectivity index is 1.37. The Morgan fingerprint density at radius 1 is 1.18 bits per heavy atom. The lowest BCUT2D eigenvalue weighted by molar-refractivity contribution is -0.126. The number of rotatable bonds is 6.